The smallest absolute Gasteiger partial charge is 0.222 e. The molecule has 1 aromatic heterocycles. The van der Waals surface area contributed by atoms with E-state index in [-0.39, 0.29) is 18.0 Å². The van der Waals surface area contributed by atoms with Crippen LogP contribution in [-0.2, 0) is 4.79 Å². The Labute approximate surface area is 126 Å². The summed E-state index contributed by atoms with van der Waals surface area (Å²) in [5.74, 6) is 0.788. The number of thiophene rings is 1. The topological polar surface area (TPSA) is 41.1 Å². The predicted octanol–water partition coefficient (Wildman–Crippen LogP) is 3.48. The van der Waals surface area contributed by atoms with E-state index in [9.17, 15) is 4.79 Å². The van der Waals surface area contributed by atoms with E-state index in [1.165, 1.54) is 30.6 Å². The Morgan fingerprint density at radius 3 is 2.80 bits per heavy atom. The number of carbonyl (C=O) groups is 1. The third-order valence-electron chi connectivity index (χ3n) is 4.08. The van der Waals surface area contributed by atoms with E-state index in [1.807, 2.05) is 0 Å². The largest absolute Gasteiger partial charge is 0.348 e. The molecule has 112 valence electrons. The minimum absolute atomic E-state index is 0.170. The standard InChI is InChI=1S/C16H26N2OS/c1-3-17-12(2)11-15(19)18-16(13-7-4-5-8-13)14-9-6-10-20-14/h6,9-10,12-13,16-17H,3-5,7-8,11H2,1-2H3,(H,18,19). The van der Waals surface area contributed by atoms with Crippen LogP contribution in [0.2, 0.25) is 0 Å². The van der Waals surface area contributed by atoms with Gasteiger partial charge in [-0.3, -0.25) is 4.79 Å². The normalized spacial score (nSPS) is 18.9. The summed E-state index contributed by atoms with van der Waals surface area (Å²) in [5, 5.41) is 8.68. The number of amides is 1. The van der Waals surface area contributed by atoms with E-state index in [1.54, 1.807) is 11.3 Å². The second kappa shape index (κ2) is 7.79. The molecule has 0 spiro atoms. The van der Waals surface area contributed by atoms with E-state index >= 15 is 0 Å². The Morgan fingerprint density at radius 1 is 1.45 bits per heavy atom. The van der Waals surface area contributed by atoms with Crippen molar-refractivity contribution in [3.05, 3.63) is 22.4 Å². The molecular weight excluding hydrogens is 268 g/mol. The van der Waals surface area contributed by atoms with Crippen LogP contribution in [0.15, 0.2) is 17.5 Å². The lowest BCUT2D eigenvalue weighted by Crippen LogP contribution is -2.37. The van der Waals surface area contributed by atoms with Gasteiger partial charge in [-0.05, 0) is 43.7 Å². The van der Waals surface area contributed by atoms with E-state index in [2.05, 4.69) is 42.0 Å². The molecule has 0 saturated heterocycles. The van der Waals surface area contributed by atoms with Crippen LogP contribution in [0.25, 0.3) is 0 Å². The lowest BCUT2D eigenvalue weighted by molar-refractivity contribution is -0.122. The molecular formula is C16H26N2OS. The van der Waals surface area contributed by atoms with Gasteiger partial charge in [0.15, 0.2) is 0 Å². The molecule has 1 saturated carbocycles. The summed E-state index contributed by atoms with van der Waals surface area (Å²) in [4.78, 5) is 13.6. The molecule has 1 aliphatic carbocycles. The van der Waals surface area contributed by atoms with Gasteiger partial charge in [-0.1, -0.05) is 25.8 Å². The number of hydrogen-bond acceptors (Lipinski definition) is 3. The van der Waals surface area contributed by atoms with Gasteiger partial charge in [0.2, 0.25) is 5.91 Å². The molecule has 2 atom stereocenters. The third-order valence-corrected chi connectivity index (χ3v) is 5.04. The molecule has 0 radical (unpaired) electrons. The molecule has 2 N–H and O–H groups in total. The zero-order valence-electron chi connectivity index (χ0n) is 12.5. The number of nitrogens with one attached hydrogen (secondary N) is 2. The van der Waals surface area contributed by atoms with Crippen LogP contribution in [0.1, 0.15) is 56.9 Å². The maximum atomic E-state index is 12.2. The van der Waals surface area contributed by atoms with Crippen LogP contribution in [-0.4, -0.2) is 18.5 Å². The molecule has 1 amide bonds. The van der Waals surface area contributed by atoms with E-state index in [0.717, 1.165) is 6.54 Å². The Morgan fingerprint density at radius 2 is 2.20 bits per heavy atom. The molecule has 1 aliphatic rings. The summed E-state index contributed by atoms with van der Waals surface area (Å²) < 4.78 is 0. The highest BCUT2D eigenvalue weighted by Gasteiger charge is 2.28. The highest BCUT2D eigenvalue weighted by molar-refractivity contribution is 7.10. The maximum Gasteiger partial charge on any atom is 0.222 e. The Bertz CT molecular complexity index is 399. The molecule has 0 aliphatic heterocycles. The van der Waals surface area contributed by atoms with Gasteiger partial charge in [-0.2, -0.15) is 0 Å². The van der Waals surface area contributed by atoms with Gasteiger partial charge in [-0.15, -0.1) is 11.3 Å². The Balaban J connectivity index is 1.95. The fourth-order valence-electron chi connectivity index (χ4n) is 3.11. The zero-order chi connectivity index (χ0) is 14.4. The van der Waals surface area contributed by atoms with Crippen molar-refractivity contribution < 1.29 is 4.79 Å². The molecule has 2 rings (SSSR count). The fraction of sp³-hybridized carbons (Fsp3) is 0.688. The molecule has 0 bridgehead atoms. The molecule has 0 aromatic carbocycles. The van der Waals surface area contributed by atoms with Crippen molar-refractivity contribution in [2.75, 3.05) is 6.54 Å². The van der Waals surface area contributed by atoms with Crippen LogP contribution >= 0.6 is 11.3 Å². The van der Waals surface area contributed by atoms with Crippen molar-refractivity contribution in [3.8, 4) is 0 Å². The first-order valence-electron chi connectivity index (χ1n) is 7.76. The first-order chi connectivity index (χ1) is 9.70. The Hall–Kier alpha value is -0.870. The summed E-state index contributed by atoms with van der Waals surface area (Å²) >= 11 is 1.76. The summed E-state index contributed by atoms with van der Waals surface area (Å²) in [5.41, 5.74) is 0. The first-order valence-corrected chi connectivity index (χ1v) is 8.64. The number of rotatable bonds is 7. The van der Waals surface area contributed by atoms with E-state index in [0.29, 0.717) is 12.3 Å². The molecule has 1 fully saturated rings. The number of carbonyl (C=O) groups excluding carboxylic acids is 1. The lowest BCUT2D eigenvalue weighted by atomic mass is 9.96. The zero-order valence-corrected chi connectivity index (χ0v) is 13.3. The quantitative estimate of drug-likeness (QED) is 0.808. The Kier molecular flexibility index (Phi) is 6.05. The molecule has 1 heterocycles. The highest BCUT2D eigenvalue weighted by Crippen LogP contribution is 2.37. The van der Waals surface area contributed by atoms with Crippen molar-refractivity contribution in [2.45, 2.75) is 58.0 Å². The van der Waals surface area contributed by atoms with Crippen LogP contribution in [0, 0.1) is 5.92 Å². The predicted molar refractivity (Wildman–Crippen MR) is 84.9 cm³/mol. The van der Waals surface area contributed by atoms with Gasteiger partial charge in [0.25, 0.3) is 0 Å². The third kappa shape index (κ3) is 4.32. The van der Waals surface area contributed by atoms with Gasteiger partial charge in [0, 0.05) is 17.3 Å². The maximum absolute atomic E-state index is 12.2. The van der Waals surface area contributed by atoms with Crippen molar-refractivity contribution in [3.63, 3.8) is 0 Å². The lowest BCUT2D eigenvalue weighted by Gasteiger charge is -2.24. The van der Waals surface area contributed by atoms with E-state index < -0.39 is 0 Å². The second-order valence-corrected chi connectivity index (χ2v) is 6.75. The van der Waals surface area contributed by atoms with Crippen molar-refractivity contribution in [2.24, 2.45) is 5.92 Å². The average molecular weight is 294 g/mol. The van der Waals surface area contributed by atoms with Gasteiger partial charge < -0.3 is 10.6 Å². The minimum atomic E-state index is 0.170. The molecule has 4 heteroatoms. The SMILES string of the molecule is CCNC(C)CC(=O)NC(c1cccs1)C1CCCC1. The molecule has 20 heavy (non-hydrogen) atoms. The summed E-state index contributed by atoms with van der Waals surface area (Å²) in [6, 6.07) is 4.70. The summed E-state index contributed by atoms with van der Waals surface area (Å²) in [6.07, 6.45) is 5.64. The summed E-state index contributed by atoms with van der Waals surface area (Å²) in [6.45, 7) is 5.05. The molecule has 3 nitrogen and oxygen atoms in total. The summed E-state index contributed by atoms with van der Waals surface area (Å²) in [7, 11) is 0. The van der Waals surface area contributed by atoms with E-state index in [4.69, 9.17) is 0 Å². The molecule has 2 unspecified atom stereocenters. The fourth-order valence-corrected chi connectivity index (χ4v) is 3.98. The van der Waals surface area contributed by atoms with Crippen molar-refractivity contribution >= 4 is 17.2 Å². The van der Waals surface area contributed by atoms with Crippen LogP contribution < -0.4 is 10.6 Å². The monoisotopic (exact) mass is 294 g/mol. The second-order valence-electron chi connectivity index (χ2n) is 5.77. The van der Waals surface area contributed by atoms with Gasteiger partial charge in [-0.25, -0.2) is 0 Å². The van der Waals surface area contributed by atoms with Crippen molar-refractivity contribution in [1.82, 2.24) is 10.6 Å². The van der Waals surface area contributed by atoms with Crippen molar-refractivity contribution in [1.29, 1.82) is 0 Å². The van der Waals surface area contributed by atoms with Gasteiger partial charge in [0.1, 0.15) is 0 Å². The van der Waals surface area contributed by atoms with Crippen LogP contribution in [0.5, 0.6) is 0 Å². The minimum Gasteiger partial charge on any atom is -0.348 e. The van der Waals surface area contributed by atoms with Gasteiger partial charge >= 0.3 is 0 Å². The van der Waals surface area contributed by atoms with Crippen LogP contribution in [0.3, 0.4) is 0 Å². The average Bonchev–Trinajstić information content (AvgIpc) is 3.10. The first kappa shape index (κ1) is 15.5. The number of hydrogen-bond donors (Lipinski definition) is 2. The molecule has 1 aromatic rings. The highest BCUT2D eigenvalue weighted by atomic mass is 32.1. The van der Waals surface area contributed by atoms with Crippen LogP contribution in [0.4, 0.5) is 0 Å². The van der Waals surface area contributed by atoms with Gasteiger partial charge in [0.05, 0.1) is 6.04 Å².